The first-order chi connectivity index (χ1) is 9.24. The second-order valence-electron chi connectivity index (χ2n) is 5.04. The van der Waals surface area contributed by atoms with Gasteiger partial charge in [0.2, 0.25) is 0 Å². The van der Waals surface area contributed by atoms with Crippen molar-refractivity contribution >= 4 is 0 Å². The first kappa shape index (κ1) is 13.9. The van der Waals surface area contributed by atoms with Crippen molar-refractivity contribution in [1.82, 2.24) is 5.32 Å². The lowest BCUT2D eigenvalue weighted by Gasteiger charge is -2.15. The quantitative estimate of drug-likeness (QED) is 0.847. The normalized spacial score (nSPS) is 22.2. The molecular weight excluding hydrogens is 240 g/mol. The molecule has 0 aromatic heterocycles. The average Bonchev–Trinajstić information content (AvgIpc) is 2.84. The van der Waals surface area contributed by atoms with Crippen molar-refractivity contribution < 1.29 is 9.84 Å². The van der Waals surface area contributed by atoms with E-state index in [1.54, 1.807) is 13.2 Å². The van der Waals surface area contributed by atoms with Crippen LogP contribution >= 0.6 is 0 Å². The summed E-state index contributed by atoms with van der Waals surface area (Å²) in [6.07, 6.45) is 3.00. The van der Waals surface area contributed by atoms with Crippen LogP contribution in [-0.4, -0.2) is 24.9 Å². The Morgan fingerprint density at radius 2 is 2.32 bits per heavy atom. The minimum Gasteiger partial charge on any atom is -0.495 e. The van der Waals surface area contributed by atoms with E-state index < -0.39 is 0 Å². The molecule has 19 heavy (non-hydrogen) atoms. The molecule has 1 aliphatic rings. The molecule has 2 N–H and O–H groups in total. The summed E-state index contributed by atoms with van der Waals surface area (Å²) in [6.45, 7) is 1.56. The van der Waals surface area contributed by atoms with Crippen LogP contribution in [0, 0.1) is 17.2 Å². The zero-order chi connectivity index (χ0) is 13.7. The van der Waals surface area contributed by atoms with Gasteiger partial charge in [-0.05, 0) is 36.5 Å². The summed E-state index contributed by atoms with van der Waals surface area (Å²) < 4.78 is 5.18. The molecular formula is C15H20N2O2. The lowest BCUT2D eigenvalue weighted by atomic mass is 10.1. The molecule has 2 unspecified atom stereocenters. The SMILES string of the molecule is COc1cc(CNCC2CCCC2O)ccc1C#N. The third-order valence-electron chi connectivity index (χ3n) is 3.74. The summed E-state index contributed by atoms with van der Waals surface area (Å²) in [5, 5.41) is 22.0. The highest BCUT2D eigenvalue weighted by Crippen LogP contribution is 2.25. The number of aliphatic hydroxyl groups excluding tert-OH is 1. The second kappa shape index (κ2) is 6.55. The fourth-order valence-corrected chi connectivity index (χ4v) is 2.60. The molecule has 2 rings (SSSR count). The minimum absolute atomic E-state index is 0.150. The Morgan fingerprint density at radius 3 is 2.95 bits per heavy atom. The first-order valence-corrected chi connectivity index (χ1v) is 6.70. The molecule has 1 saturated carbocycles. The van der Waals surface area contributed by atoms with E-state index in [0.717, 1.165) is 37.9 Å². The van der Waals surface area contributed by atoms with Gasteiger partial charge < -0.3 is 15.2 Å². The molecule has 1 aliphatic carbocycles. The molecule has 102 valence electrons. The summed E-state index contributed by atoms with van der Waals surface area (Å²) in [5.41, 5.74) is 1.64. The Bertz CT molecular complexity index is 468. The van der Waals surface area contributed by atoms with Crippen molar-refractivity contribution in [3.8, 4) is 11.8 Å². The van der Waals surface area contributed by atoms with Crippen molar-refractivity contribution in [2.24, 2.45) is 5.92 Å². The molecule has 0 bridgehead atoms. The Kier molecular flexibility index (Phi) is 4.78. The molecule has 2 atom stereocenters. The van der Waals surface area contributed by atoms with Gasteiger partial charge in [0.15, 0.2) is 0 Å². The van der Waals surface area contributed by atoms with Crippen LogP contribution < -0.4 is 10.1 Å². The van der Waals surface area contributed by atoms with Gasteiger partial charge in [0.1, 0.15) is 11.8 Å². The topological polar surface area (TPSA) is 65.3 Å². The van der Waals surface area contributed by atoms with Crippen LogP contribution in [0.2, 0.25) is 0 Å². The molecule has 0 spiro atoms. The van der Waals surface area contributed by atoms with E-state index in [2.05, 4.69) is 11.4 Å². The van der Waals surface area contributed by atoms with Crippen LogP contribution in [0.25, 0.3) is 0 Å². The van der Waals surface area contributed by atoms with Gasteiger partial charge in [-0.3, -0.25) is 0 Å². The minimum atomic E-state index is -0.150. The van der Waals surface area contributed by atoms with Crippen LogP contribution in [0.4, 0.5) is 0 Å². The number of benzene rings is 1. The number of hydrogen-bond donors (Lipinski definition) is 2. The highest BCUT2D eigenvalue weighted by atomic mass is 16.5. The van der Waals surface area contributed by atoms with Crippen molar-refractivity contribution in [1.29, 1.82) is 5.26 Å². The Morgan fingerprint density at radius 1 is 1.47 bits per heavy atom. The Labute approximate surface area is 114 Å². The van der Waals surface area contributed by atoms with Crippen molar-refractivity contribution in [3.63, 3.8) is 0 Å². The fraction of sp³-hybridized carbons (Fsp3) is 0.533. The predicted molar refractivity (Wildman–Crippen MR) is 72.8 cm³/mol. The van der Waals surface area contributed by atoms with Crippen molar-refractivity contribution in [3.05, 3.63) is 29.3 Å². The Hall–Kier alpha value is -1.57. The number of nitriles is 1. The molecule has 1 fully saturated rings. The number of rotatable bonds is 5. The monoisotopic (exact) mass is 260 g/mol. The largest absolute Gasteiger partial charge is 0.495 e. The number of methoxy groups -OCH3 is 1. The highest BCUT2D eigenvalue weighted by molar-refractivity contribution is 5.45. The molecule has 4 heteroatoms. The molecule has 1 aromatic carbocycles. The van der Waals surface area contributed by atoms with E-state index in [1.165, 1.54) is 0 Å². The van der Waals surface area contributed by atoms with E-state index in [0.29, 0.717) is 17.2 Å². The molecule has 0 saturated heterocycles. The number of hydrogen-bond acceptors (Lipinski definition) is 4. The highest BCUT2D eigenvalue weighted by Gasteiger charge is 2.24. The molecule has 0 amide bonds. The molecule has 0 heterocycles. The van der Waals surface area contributed by atoms with Crippen LogP contribution in [0.5, 0.6) is 5.75 Å². The van der Waals surface area contributed by atoms with E-state index in [1.807, 2.05) is 12.1 Å². The summed E-state index contributed by atoms with van der Waals surface area (Å²) in [4.78, 5) is 0. The van der Waals surface area contributed by atoms with Crippen molar-refractivity contribution in [2.45, 2.75) is 31.9 Å². The molecule has 4 nitrogen and oxygen atoms in total. The average molecular weight is 260 g/mol. The molecule has 0 radical (unpaired) electrons. The zero-order valence-electron chi connectivity index (χ0n) is 11.2. The number of nitrogens with zero attached hydrogens (tertiary/aromatic N) is 1. The summed E-state index contributed by atoms with van der Waals surface area (Å²) >= 11 is 0. The summed E-state index contributed by atoms with van der Waals surface area (Å²) in [7, 11) is 1.57. The number of ether oxygens (including phenoxy) is 1. The van der Waals surface area contributed by atoms with Gasteiger partial charge in [0, 0.05) is 13.1 Å². The van der Waals surface area contributed by atoms with Gasteiger partial charge in [-0.2, -0.15) is 5.26 Å². The Balaban J connectivity index is 1.87. The van der Waals surface area contributed by atoms with E-state index in [4.69, 9.17) is 10.00 Å². The molecule has 1 aromatic rings. The number of nitrogens with one attached hydrogen (secondary N) is 1. The maximum atomic E-state index is 9.74. The zero-order valence-corrected chi connectivity index (χ0v) is 11.2. The smallest absolute Gasteiger partial charge is 0.136 e. The van der Waals surface area contributed by atoms with Gasteiger partial charge in [-0.25, -0.2) is 0 Å². The summed E-state index contributed by atoms with van der Waals surface area (Å²) in [5.74, 6) is 0.989. The lowest BCUT2D eigenvalue weighted by Crippen LogP contribution is -2.27. The van der Waals surface area contributed by atoms with E-state index >= 15 is 0 Å². The van der Waals surface area contributed by atoms with Gasteiger partial charge in [-0.1, -0.05) is 12.5 Å². The first-order valence-electron chi connectivity index (χ1n) is 6.70. The fourth-order valence-electron chi connectivity index (χ4n) is 2.60. The van der Waals surface area contributed by atoms with Crippen LogP contribution in [0.3, 0.4) is 0 Å². The van der Waals surface area contributed by atoms with Gasteiger partial charge in [0.25, 0.3) is 0 Å². The van der Waals surface area contributed by atoms with E-state index in [9.17, 15) is 5.11 Å². The van der Waals surface area contributed by atoms with Gasteiger partial charge in [0.05, 0.1) is 18.8 Å². The maximum Gasteiger partial charge on any atom is 0.136 e. The molecule has 0 aliphatic heterocycles. The lowest BCUT2D eigenvalue weighted by molar-refractivity contribution is 0.131. The number of aliphatic hydroxyl groups is 1. The third kappa shape index (κ3) is 3.46. The predicted octanol–water partition coefficient (Wildman–Crippen LogP) is 1.82. The standard InChI is InChI=1S/C15H20N2O2/c1-19-15-7-11(5-6-12(15)8-16)9-17-10-13-3-2-4-14(13)18/h5-7,13-14,17-18H,2-4,9-10H2,1H3. The van der Waals surface area contributed by atoms with Crippen LogP contribution in [0.1, 0.15) is 30.4 Å². The van der Waals surface area contributed by atoms with Crippen LogP contribution in [0.15, 0.2) is 18.2 Å². The van der Waals surface area contributed by atoms with Crippen LogP contribution in [-0.2, 0) is 6.54 Å². The van der Waals surface area contributed by atoms with E-state index in [-0.39, 0.29) is 6.10 Å². The van der Waals surface area contributed by atoms with Gasteiger partial charge >= 0.3 is 0 Å². The second-order valence-corrected chi connectivity index (χ2v) is 5.04. The van der Waals surface area contributed by atoms with Crippen molar-refractivity contribution in [2.75, 3.05) is 13.7 Å². The third-order valence-corrected chi connectivity index (χ3v) is 3.74. The van der Waals surface area contributed by atoms with Gasteiger partial charge in [-0.15, -0.1) is 0 Å². The summed E-state index contributed by atoms with van der Waals surface area (Å²) in [6, 6.07) is 7.70. The maximum absolute atomic E-state index is 9.74.